The highest BCUT2D eigenvalue weighted by Crippen LogP contribution is 2.21. The van der Waals surface area contributed by atoms with Crippen LogP contribution in [0.25, 0.3) is 0 Å². The van der Waals surface area contributed by atoms with Gasteiger partial charge in [0.15, 0.2) is 27.3 Å². The maximum atomic E-state index is 13.5. The number of benzene rings is 1. The number of carbonyl (C=O) groups is 1. The second-order valence-electron chi connectivity index (χ2n) is 5.09. The van der Waals surface area contributed by atoms with Crippen LogP contribution < -0.4 is 5.32 Å². The van der Waals surface area contributed by atoms with Gasteiger partial charge in [-0.25, -0.2) is 21.6 Å². The van der Waals surface area contributed by atoms with Crippen LogP contribution in [-0.2, 0) is 20.4 Å². The summed E-state index contributed by atoms with van der Waals surface area (Å²) in [5, 5.41) is 3.89. The van der Waals surface area contributed by atoms with Crippen LogP contribution in [0.5, 0.6) is 0 Å². The molecule has 1 heterocycles. The third-order valence-corrected chi connectivity index (χ3v) is 5.22. The summed E-state index contributed by atoms with van der Waals surface area (Å²) in [6.07, 6.45) is 0. The van der Waals surface area contributed by atoms with Crippen LogP contribution in [0.2, 0.25) is 0 Å². The van der Waals surface area contributed by atoms with E-state index >= 15 is 0 Å². The number of anilines is 1. The summed E-state index contributed by atoms with van der Waals surface area (Å²) in [6.45, 7) is 2.67. The van der Waals surface area contributed by atoms with E-state index in [-0.39, 0.29) is 5.69 Å². The zero-order chi connectivity index (χ0) is 18.1. The van der Waals surface area contributed by atoms with Crippen LogP contribution in [0.4, 0.5) is 18.9 Å². The zero-order valence-corrected chi connectivity index (χ0v) is 13.5. The maximum absolute atomic E-state index is 13.5. The van der Waals surface area contributed by atoms with Crippen LogP contribution in [-0.4, -0.2) is 24.7 Å². The molecule has 6 nitrogen and oxygen atoms in total. The maximum Gasteiger partial charge on any atom is 0.242 e. The quantitative estimate of drug-likeness (QED) is 0.825. The number of hydrogen-bond donors (Lipinski definition) is 1. The van der Waals surface area contributed by atoms with E-state index in [4.69, 9.17) is 4.52 Å². The Balaban J connectivity index is 2.15. The molecule has 1 aromatic carbocycles. The summed E-state index contributed by atoms with van der Waals surface area (Å²) in [4.78, 5) is 12.0. The van der Waals surface area contributed by atoms with Crippen molar-refractivity contribution in [3.63, 3.8) is 0 Å². The molecular weight excluding hydrogens is 349 g/mol. The number of amides is 1. The minimum atomic E-state index is -3.98. The van der Waals surface area contributed by atoms with Crippen molar-refractivity contribution in [2.24, 2.45) is 0 Å². The average Bonchev–Trinajstić information content (AvgIpc) is 2.91. The highest BCUT2D eigenvalue weighted by Gasteiger charge is 2.30. The number of nitrogens with one attached hydrogen (secondary N) is 1. The van der Waals surface area contributed by atoms with Gasteiger partial charge in [-0.1, -0.05) is 5.16 Å². The highest BCUT2D eigenvalue weighted by molar-refractivity contribution is 7.92. The Morgan fingerprint density at radius 1 is 1.29 bits per heavy atom. The average molecular weight is 362 g/mol. The topological polar surface area (TPSA) is 89.3 Å². The van der Waals surface area contributed by atoms with Gasteiger partial charge in [0.2, 0.25) is 5.91 Å². The van der Waals surface area contributed by atoms with E-state index in [0.29, 0.717) is 11.8 Å². The predicted molar refractivity (Wildman–Crippen MR) is 78.3 cm³/mol. The number of carbonyl (C=O) groups excluding carboxylic acids is 1. The first-order valence-corrected chi connectivity index (χ1v) is 8.41. The number of hydrogen-bond acceptors (Lipinski definition) is 5. The van der Waals surface area contributed by atoms with E-state index < -0.39 is 49.9 Å². The Hall–Kier alpha value is -2.36. The Bertz CT molecular complexity index is 880. The van der Waals surface area contributed by atoms with E-state index in [2.05, 4.69) is 5.16 Å². The molecule has 0 spiro atoms. The van der Waals surface area contributed by atoms with Crippen LogP contribution in [0.15, 0.2) is 22.7 Å². The summed E-state index contributed by atoms with van der Waals surface area (Å²) in [6, 6.07) is 2.81. The number of aromatic nitrogens is 1. The lowest BCUT2D eigenvalue weighted by atomic mass is 10.2. The lowest BCUT2D eigenvalue weighted by Crippen LogP contribution is -2.33. The molecule has 1 N–H and O–H groups in total. The largest absolute Gasteiger partial charge is 0.361 e. The fourth-order valence-electron chi connectivity index (χ4n) is 1.84. The van der Waals surface area contributed by atoms with Gasteiger partial charge in [0.05, 0.1) is 17.1 Å². The first-order valence-electron chi connectivity index (χ1n) is 6.70. The van der Waals surface area contributed by atoms with Crippen molar-refractivity contribution < 1.29 is 30.9 Å². The fourth-order valence-corrected chi connectivity index (χ4v) is 3.02. The van der Waals surface area contributed by atoms with E-state index in [1.54, 1.807) is 6.92 Å². The second-order valence-corrected chi connectivity index (χ2v) is 7.41. The molecule has 0 fully saturated rings. The number of rotatable bonds is 5. The van der Waals surface area contributed by atoms with Gasteiger partial charge in [-0.2, -0.15) is 0 Å². The number of aryl methyl sites for hydroxylation is 1. The lowest BCUT2D eigenvalue weighted by Gasteiger charge is -2.13. The summed E-state index contributed by atoms with van der Waals surface area (Å²) >= 11 is 0. The first-order chi connectivity index (χ1) is 11.1. The molecule has 2 rings (SSSR count). The molecule has 2 aromatic rings. The van der Waals surface area contributed by atoms with E-state index in [9.17, 15) is 26.4 Å². The predicted octanol–water partition coefficient (Wildman–Crippen LogP) is 2.34. The smallest absolute Gasteiger partial charge is 0.242 e. The lowest BCUT2D eigenvalue weighted by molar-refractivity contribution is -0.115. The minimum Gasteiger partial charge on any atom is -0.361 e. The molecule has 130 valence electrons. The summed E-state index contributed by atoms with van der Waals surface area (Å²) in [5.74, 6) is -6.03. The molecule has 0 saturated carbocycles. The van der Waals surface area contributed by atoms with Crippen molar-refractivity contribution in [1.82, 2.24) is 5.16 Å². The van der Waals surface area contributed by atoms with Gasteiger partial charge >= 0.3 is 0 Å². The monoisotopic (exact) mass is 362 g/mol. The van der Waals surface area contributed by atoms with Gasteiger partial charge in [0.25, 0.3) is 0 Å². The van der Waals surface area contributed by atoms with Gasteiger partial charge in [-0.15, -0.1) is 0 Å². The van der Waals surface area contributed by atoms with E-state index in [0.717, 1.165) is 13.0 Å². The molecule has 0 aliphatic heterocycles. The standard InChI is InChI=1S/C14H13F3N2O4S/c1-7-5-9(19-23-7)6-24(21,22)8(2)14(20)18-11-4-3-10(15)12(16)13(11)17/h3-5,8H,6H2,1-2H3,(H,18,20). The van der Waals surface area contributed by atoms with Crippen molar-refractivity contribution in [3.8, 4) is 0 Å². The number of halogens is 3. The summed E-state index contributed by atoms with van der Waals surface area (Å²) < 4.78 is 68.6. The summed E-state index contributed by atoms with van der Waals surface area (Å²) in [5.41, 5.74) is -0.538. The molecule has 0 aliphatic rings. The first kappa shape index (κ1) is 18.0. The third-order valence-electron chi connectivity index (χ3n) is 3.23. The number of nitrogens with zero attached hydrogens (tertiary/aromatic N) is 1. The van der Waals surface area contributed by atoms with Gasteiger partial charge in [0, 0.05) is 6.07 Å². The molecule has 1 atom stereocenters. The Morgan fingerprint density at radius 2 is 1.96 bits per heavy atom. The Morgan fingerprint density at radius 3 is 2.54 bits per heavy atom. The van der Waals surface area contributed by atoms with Crippen LogP contribution in [0, 0.1) is 24.4 Å². The molecule has 24 heavy (non-hydrogen) atoms. The molecule has 1 aromatic heterocycles. The van der Waals surface area contributed by atoms with Crippen molar-refractivity contribution in [3.05, 3.63) is 47.1 Å². The molecular formula is C14H13F3N2O4S. The molecule has 0 radical (unpaired) electrons. The van der Waals surface area contributed by atoms with E-state index in [1.807, 2.05) is 5.32 Å². The Kier molecular flexibility index (Phi) is 4.97. The molecule has 0 bridgehead atoms. The second kappa shape index (κ2) is 6.63. The zero-order valence-electron chi connectivity index (χ0n) is 12.6. The van der Waals surface area contributed by atoms with Crippen LogP contribution in [0.3, 0.4) is 0 Å². The van der Waals surface area contributed by atoms with Crippen LogP contribution >= 0.6 is 0 Å². The normalized spacial score (nSPS) is 12.9. The van der Waals surface area contributed by atoms with Gasteiger partial charge in [-0.3, -0.25) is 4.79 Å². The van der Waals surface area contributed by atoms with Crippen LogP contribution in [0.1, 0.15) is 18.4 Å². The van der Waals surface area contributed by atoms with E-state index in [1.165, 1.54) is 6.07 Å². The molecule has 10 heteroatoms. The third kappa shape index (κ3) is 3.75. The van der Waals surface area contributed by atoms with Gasteiger partial charge in [-0.05, 0) is 26.0 Å². The molecule has 0 aliphatic carbocycles. The minimum absolute atomic E-state index is 0.117. The molecule has 1 amide bonds. The van der Waals surface area contributed by atoms with Crippen molar-refractivity contribution in [2.45, 2.75) is 24.9 Å². The SMILES string of the molecule is Cc1cc(CS(=O)(=O)C(C)C(=O)Nc2ccc(F)c(F)c2F)no1. The summed E-state index contributed by atoms with van der Waals surface area (Å²) in [7, 11) is -3.98. The molecule has 1 unspecified atom stereocenters. The molecule has 0 saturated heterocycles. The number of sulfone groups is 1. The fraction of sp³-hybridized carbons (Fsp3) is 0.286. The van der Waals surface area contributed by atoms with Crippen molar-refractivity contribution in [2.75, 3.05) is 5.32 Å². The highest BCUT2D eigenvalue weighted by atomic mass is 32.2. The van der Waals surface area contributed by atoms with Crippen molar-refractivity contribution in [1.29, 1.82) is 0 Å². The van der Waals surface area contributed by atoms with Gasteiger partial charge in [0.1, 0.15) is 11.0 Å². The van der Waals surface area contributed by atoms with Crippen molar-refractivity contribution >= 4 is 21.4 Å². The Labute approximate surface area is 135 Å². The van der Waals surface area contributed by atoms with Gasteiger partial charge < -0.3 is 9.84 Å².